The van der Waals surface area contributed by atoms with Gasteiger partial charge in [0, 0.05) is 19.3 Å². The molecule has 354 valence electrons. The molecule has 0 bridgehead atoms. The van der Waals surface area contributed by atoms with Crippen molar-refractivity contribution in [3.8, 4) is 0 Å². The topological polar surface area (TPSA) is 102 Å². The van der Waals surface area contributed by atoms with Crippen LogP contribution in [0.15, 0.2) is 12.2 Å². The van der Waals surface area contributed by atoms with Crippen LogP contribution in [-0.4, -0.2) is 75.5 Å². The molecule has 0 rings (SSSR count). The minimum atomic E-state index is -1.12. The Hall–Kier alpha value is -1.93. The van der Waals surface area contributed by atoms with Crippen molar-refractivity contribution in [3.05, 3.63) is 12.2 Å². The lowest BCUT2D eigenvalue weighted by atomic mass is 10.0. The van der Waals surface area contributed by atoms with Gasteiger partial charge in [0.1, 0.15) is 12.6 Å². The van der Waals surface area contributed by atoms with Crippen molar-refractivity contribution in [1.82, 2.24) is 0 Å². The van der Waals surface area contributed by atoms with Crippen molar-refractivity contribution in [3.63, 3.8) is 0 Å². The van der Waals surface area contributed by atoms with Crippen molar-refractivity contribution in [1.29, 1.82) is 0 Å². The van der Waals surface area contributed by atoms with Gasteiger partial charge >= 0.3 is 11.9 Å². The molecule has 60 heavy (non-hydrogen) atoms. The number of carbonyl (C=O) groups is 3. The van der Waals surface area contributed by atoms with E-state index in [-0.39, 0.29) is 42.7 Å². The van der Waals surface area contributed by atoms with E-state index in [9.17, 15) is 19.5 Å². The minimum Gasteiger partial charge on any atom is -0.544 e. The molecule has 0 heterocycles. The third kappa shape index (κ3) is 41.4. The van der Waals surface area contributed by atoms with Crippen LogP contribution >= 0.6 is 0 Å². The molecule has 0 aliphatic rings. The average molecular weight is 850 g/mol. The molecule has 0 saturated carbocycles. The lowest BCUT2D eigenvalue weighted by Crippen LogP contribution is -2.55. The molecule has 0 radical (unpaired) electrons. The fraction of sp³-hybridized carbons (Fsp3) is 0.904. The van der Waals surface area contributed by atoms with Crippen LogP contribution in [0.1, 0.15) is 251 Å². The molecular formula is C52H99NO7. The first-order valence-electron chi connectivity index (χ1n) is 25.7. The van der Waals surface area contributed by atoms with E-state index >= 15 is 0 Å². The van der Waals surface area contributed by atoms with Gasteiger partial charge in [0.05, 0.1) is 40.3 Å². The quantitative estimate of drug-likeness (QED) is 0.0260. The van der Waals surface area contributed by atoms with Gasteiger partial charge in [-0.05, 0) is 38.5 Å². The highest BCUT2D eigenvalue weighted by molar-refractivity contribution is 5.70. The van der Waals surface area contributed by atoms with E-state index in [0.29, 0.717) is 12.8 Å². The summed E-state index contributed by atoms with van der Waals surface area (Å²) in [6.45, 7) is 4.70. The fourth-order valence-corrected chi connectivity index (χ4v) is 7.89. The van der Waals surface area contributed by atoms with Crippen molar-refractivity contribution >= 4 is 17.9 Å². The number of nitrogens with zero attached hydrogens (tertiary/aromatic N) is 1. The Morgan fingerprint density at radius 3 is 1.20 bits per heavy atom. The Morgan fingerprint density at radius 2 is 0.833 bits per heavy atom. The van der Waals surface area contributed by atoms with Crippen LogP contribution in [0, 0.1) is 0 Å². The zero-order valence-electron chi connectivity index (χ0n) is 40.4. The highest BCUT2D eigenvalue weighted by Crippen LogP contribution is 2.16. The lowest BCUT2D eigenvalue weighted by Gasteiger charge is -2.34. The standard InChI is InChI=1S/C52H99NO7/c1-6-8-10-12-14-16-18-20-22-24-25-26-27-29-31-33-35-37-39-41-43-51(55)60-48(46-58-45-44-49(52(56)57)53(3,4)5)47-59-50(54)42-40-38-36-34-32-30-28-23-21-19-17-15-13-11-9-7-2/h25-26,48-49H,6-24,27-47H2,1-5H3/b26-25+. The number of aliphatic carboxylic acids is 1. The maximum atomic E-state index is 12.8. The van der Waals surface area contributed by atoms with Gasteiger partial charge in [0.2, 0.25) is 0 Å². The Balaban J connectivity index is 4.22. The largest absolute Gasteiger partial charge is 0.544 e. The van der Waals surface area contributed by atoms with Crippen LogP contribution in [0.25, 0.3) is 0 Å². The smallest absolute Gasteiger partial charge is 0.306 e. The first-order chi connectivity index (χ1) is 29.1. The van der Waals surface area contributed by atoms with Crippen LogP contribution in [0.3, 0.4) is 0 Å². The molecule has 0 aliphatic carbocycles. The highest BCUT2D eigenvalue weighted by atomic mass is 16.6. The molecule has 8 heteroatoms. The second-order valence-corrected chi connectivity index (χ2v) is 18.8. The summed E-state index contributed by atoms with van der Waals surface area (Å²) in [7, 11) is 5.42. The summed E-state index contributed by atoms with van der Waals surface area (Å²) in [5.74, 6) is -1.72. The Morgan fingerprint density at radius 1 is 0.483 bits per heavy atom. The van der Waals surface area contributed by atoms with E-state index in [2.05, 4.69) is 26.0 Å². The number of rotatable bonds is 47. The second-order valence-electron chi connectivity index (χ2n) is 18.8. The van der Waals surface area contributed by atoms with Crippen molar-refractivity contribution in [2.45, 2.75) is 264 Å². The molecule has 0 N–H and O–H groups in total. The Kier molecular flexibility index (Phi) is 42.3. The SMILES string of the molecule is CCCCCCCCCCC/C=C/CCCCCCCCCC(=O)OC(COCCC(C(=O)[O-])[N+](C)(C)C)COC(=O)CCCCCCCCCCCCCCCCCC. The first-order valence-corrected chi connectivity index (χ1v) is 25.7. The summed E-state index contributed by atoms with van der Waals surface area (Å²) in [6, 6.07) is -0.723. The third-order valence-electron chi connectivity index (χ3n) is 11.9. The molecule has 8 nitrogen and oxygen atoms in total. The number of quaternary nitrogens is 1. The maximum Gasteiger partial charge on any atom is 0.306 e. The lowest BCUT2D eigenvalue weighted by molar-refractivity contribution is -0.889. The fourth-order valence-electron chi connectivity index (χ4n) is 7.89. The molecule has 0 aromatic carbocycles. The number of hydrogen-bond acceptors (Lipinski definition) is 7. The van der Waals surface area contributed by atoms with E-state index < -0.39 is 18.1 Å². The van der Waals surface area contributed by atoms with Gasteiger partial charge in [-0.25, -0.2) is 0 Å². The molecular weight excluding hydrogens is 751 g/mol. The number of allylic oxidation sites excluding steroid dienone is 2. The van der Waals surface area contributed by atoms with Gasteiger partial charge in [0.25, 0.3) is 0 Å². The van der Waals surface area contributed by atoms with E-state index in [4.69, 9.17) is 14.2 Å². The predicted octanol–water partition coefficient (Wildman–Crippen LogP) is 13.3. The van der Waals surface area contributed by atoms with Crippen LogP contribution < -0.4 is 5.11 Å². The summed E-state index contributed by atoms with van der Waals surface area (Å²) in [4.78, 5) is 37.0. The number of carboxylic acids is 1. The summed E-state index contributed by atoms with van der Waals surface area (Å²) in [5.41, 5.74) is 0. The van der Waals surface area contributed by atoms with E-state index in [1.807, 2.05) is 21.1 Å². The summed E-state index contributed by atoms with van der Waals surface area (Å²) in [5, 5.41) is 11.7. The number of likely N-dealkylation sites (N-methyl/N-ethyl adjacent to an activating group) is 1. The van der Waals surface area contributed by atoms with Crippen molar-refractivity contribution in [2.24, 2.45) is 0 Å². The average Bonchev–Trinajstić information content (AvgIpc) is 3.21. The number of unbranched alkanes of at least 4 members (excludes halogenated alkanes) is 31. The normalized spacial score (nSPS) is 12.9. The Labute approximate surface area is 371 Å². The van der Waals surface area contributed by atoms with Crippen LogP contribution in [-0.2, 0) is 28.6 Å². The number of hydrogen-bond donors (Lipinski definition) is 0. The number of carbonyl (C=O) groups excluding carboxylic acids is 3. The van der Waals surface area contributed by atoms with E-state index in [1.165, 1.54) is 180 Å². The molecule has 0 fully saturated rings. The number of carboxylic acid groups (broad SMARTS) is 1. The molecule has 0 amide bonds. The Bertz CT molecular complexity index is 993. The summed E-state index contributed by atoms with van der Waals surface area (Å²) in [6.07, 6.45) is 48.1. The van der Waals surface area contributed by atoms with Gasteiger partial charge in [0.15, 0.2) is 6.10 Å². The van der Waals surface area contributed by atoms with Crippen LogP contribution in [0.5, 0.6) is 0 Å². The highest BCUT2D eigenvalue weighted by Gasteiger charge is 2.25. The third-order valence-corrected chi connectivity index (χ3v) is 11.9. The molecule has 0 saturated heterocycles. The molecule has 0 aromatic heterocycles. The van der Waals surface area contributed by atoms with Gasteiger partial charge in [-0.3, -0.25) is 9.59 Å². The summed E-state index contributed by atoms with van der Waals surface area (Å²) < 4.78 is 17.3. The van der Waals surface area contributed by atoms with E-state index in [1.54, 1.807) is 0 Å². The predicted molar refractivity (Wildman–Crippen MR) is 250 cm³/mol. The summed E-state index contributed by atoms with van der Waals surface area (Å²) >= 11 is 0. The zero-order chi connectivity index (χ0) is 44.2. The van der Waals surface area contributed by atoms with Crippen LogP contribution in [0.2, 0.25) is 0 Å². The zero-order valence-corrected chi connectivity index (χ0v) is 40.4. The molecule has 0 spiro atoms. The first kappa shape index (κ1) is 58.1. The minimum absolute atomic E-state index is 0.0451. The number of esters is 2. The maximum absolute atomic E-state index is 12.8. The van der Waals surface area contributed by atoms with Crippen molar-refractivity contribution in [2.75, 3.05) is 41.0 Å². The monoisotopic (exact) mass is 850 g/mol. The molecule has 2 atom stereocenters. The van der Waals surface area contributed by atoms with Gasteiger partial charge in [-0.1, -0.05) is 206 Å². The van der Waals surface area contributed by atoms with Gasteiger partial charge in [-0.15, -0.1) is 0 Å². The second kappa shape index (κ2) is 43.7. The number of ether oxygens (including phenoxy) is 3. The van der Waals surface area contributed by atoms with E-state index in [0.717, 1.165) is 38.5 Å². The molecule has 0 aromatic rings. The van der Waals surface area contributed by atoms with Gasteiger partial charge < -0.3 is 28.6 Å². The van der Waals surface area contributed by atoms with Crippen molar-refractivity contribution < 1.29 is 38.2 Å². The van der Waals surface area contributed by atoms with Crippen LogP contribution in [0.4, 0.5) is 0 Å². The molecule has 2 unspecified atom stereocenters. The van der Waals surface area contributed by atoms with Gasteiger partial charge in [-0.2, -0.15) is 0 Å². The molecule has 0 aliphatic heterocycles.